The predicted octanol–water partition coefficient (Wildman–Crippen LogP) is -5.00. The third kappa shape index (κ3) is 7.99. The number of carbonyl (C=O) groups excluding carboxylic acids is 1. The van der Waals surface area contributed by atoms with E-state index in [4.69, 9.17) is 33.2 Å². The molecule has 18 heteroatoms. The van der Waals surface area contributed by atoms with Crippen LogP contribution in [0.2, 0.25) is 0 Å². The van der Waals surface area contributed by atoms with Crippen LogP contribution in [0.4, 0.5) is 0 Å². The molecule has 0 amide bonds. The van der Waals surface area contributed by atoms with Gasteiger partial charge in [0.25, 0.3) is 0 Å². The molecule has 2 saturated carbocycles. The minimum absolute atomic E-state index is 0.0435. The molecule has 10 unspecified atom stereocenters. The number of carbonyl (C=O) groups is 1. The summed E-state index contributed by atoms with van der Waals surface area (Å²) in [6.07, 6.45) is -22.3. The molecule has 3 aliphatic heterocycles. The van der Waals surface area contributed by atoms with Crippen molar-refractivity contribution in [1.29, 1.82) is 0 Å². The number of aliphatic hydroxyl groups is 10. The maximum atomic E-state index is 11.4. The molecular weight excluding hydrogens is 648 g/mol. The Morgan fingerprint density at radius 2 is 1.27 bits per heavy atom. The van der Waals surface area contributed by atoms with E-state index in [1.54, 1.807) is 0 Å². The maximum absolute atomic E-state index is 11.4. The van der Waals surface area contributed by atoms with Crippen LogP contribution in [0.25, 0.3) is 0 Å². The van der Waals surface area contributed by atoms with Crippen molar-refractivity contribution in [3.63, 3.8) is 0 Å². The number of hydrogen-bond donors (Lipinski definition) is 10. The first kappa shape index (κ1) is 38.1. The van der Waals surface area contributed by atoms with Gasteiger partial charge in [0.2, 0.25) is 0 Å². The molecule has 0 radical (unpaired) electrons. The lowest BCUT2D eigenvalue weighted by Gasteiger charge is -2.53. The SMILES string of the molecule is COC1CC(C2OC3CC(O)CC(O[C@@H]4O[C@H](COC(C)=O)[C@@H](O)[C@H](O)[C@H]4O)C3CC2O[C@@H]2O[C@H](CO)[C@@H](O)[C@H](O)[C@H]2O)CC(O)C1O. The Labute approximate surface area is 276 Å². The summed E-state index contributed by atoms with van der Waals surface area (Å²) >= 11 is 0. The van der Waals surface area contributed by atoms with E-state index in [2.05, 4.69) is 0 Å². The second-order valence-corrected chi connectivity index (χ2v) is 13.6. The van der Waals surface area contributed by atoms with Crippen molar-refractivity contribution < 1.29 is 89.0 Å². The molecule has 278 valence electrons. The van der Waals surface area contributed by atoms with E-state index >= 15 is 0 Å². The van der Waals surface area contributed by atoms with Gasteiger partial charge in [0.1, 0.15) is 61.5 Å². The van der Waals surface area contributed by atoms with Gasteiger partial charge in [0.05, 0.1) is 49.3 Å². The molecule has 0 aromatic rings. The Morgan fingerprint density at radius 1 is 0.667 bits per heavy atom. The van der Waals surface area contributed by atoms with E-state index in [0.717, 1.165) is 6.92 Å². The largest absolute Gasteiger partial charge is 0.463 e. The molecular formula is C30H50O18. The lowest BCUT2D eigenvalue weighted by molar-refractivity contribution is -0.345. The molecule has 5 aliphatic rings. The second kappa shape index (κ2) is 16.0. The molecule has 3 heterocycles. The van der Waals surface area contributed by atoms with Crippen molar-refractivity contribution in [3.05, 3.63) is 0 Å². The van der Waals surface area contributed by atoms with Crippen LogP contribution in [-0.2, 0) is 38.0 Å². The van der Waals surface area contributed by atoms with Crippen LogP contribution in [-0.4, -0.2) is 188 Å². The van der Waals surface area contributed by atoms with E-state index in [0.29, 0.717) is 0 Å². The van der Waals surface area contributed by atoms with Crippen molar-refractivity contribution in [2.75, 3.05) is 20.3 Å². The number of fused-ring (bicyclic) bond motifs is 1. The van der Waals surface area contributed by atoms with Crippen LogP contribution in [0.3, 0.4) is 0 Å². The molecule has 0 spiro atoms. The zero-order valence-electron chi connectivity index (χ0n) is 26.7. The van der Waals surface area contributed by atoms with Gasteiger partial charge in [-0.05, 0) is 31.6 Å². The Morgan fingerprint density at radius 3 is 1.88 bits per heavy atom. The predicted molar refractivity (Wildman–Crippen MR) is 154 cm³/mol. The summed E-state index contributed by atoms with van der Waals surface area (Å²) in [5.41, 5.74) is 0. The molecule has 3 saturated heterocycles. The zero-order valence-corrected chi connectivity index (χ0v) is 26.7. The summed E-state index contributed by atoms with van der Waals surface area (Å²) in [6.45, 7) is 0.0468. The smallest absolute Gasteiger partial charge is 0.302 e. The Kier molecular flexibility index (Phi) is 12.7. The van der Waals surface area contributed by atoms with Gasteiger partial charge in [-0.3, -0.25) is 4.79 Å². The third-order valence-corrected chi connectivity index (χ3v) is 10.4. The number of hydrogen-bond acceptors (Lipinski definition) is 18. The maximum Gasteiger partial charge on any atom is 0.302 e. The van der Waals surface area contributed by atoms with E-state index in [-0.39, 0.29) is 32.1 Å². The summed E-state index contributed by atoms with van der Waals surface area (Å²) < 4.78 is 40.7. The zero-order chi connectivity index (χ0) is 35.0. The van der Waals surface area contributed by atoms with Gasteiger partial charge >= 0.3 is 5.97 Å². The van der Waals surface area contributed by atoms with Crippen LogP contribution < -0.4 is 0 Å². The first-order valence-electron chi connectivity index (χ1n) is 16.4. The van der Waals surface area contributed by atoms with Crippen LogP contribution in [0.1, 0.15) is 39.0 Å². The minimum Gasteiger partial charge on any atom is -0.463 e. The fraction of sp³-hybridized carbons (Fsp3) is 0.967. The first-order valence-corrected chi connectivity index (χ1v) is 16.4. The lowest BCUT2D eigenvalue weighted by Crippen LogP contribution is -2.63. The molecule has 0 aromatic carbocycles. The highest BCUT2D eigenvalue weighted by Gasteiger charge is 2.54. The molecule has 0 bridgehead atoms. The van der Waals surface area contributed by atoms with Gasteiger partial charge in [0.15, 0.2) is 12.6 Å². The quantitative estimate of drug-likeness (QED) is 0.101. The Balaban J connectivity index is 1.39. The van der Waals surface area contributed by atoms with Gasteiger partial charge in [-0.25, -0.2) is 0 Å². The van der Waals surface area contributed by atoms with Gasteiger partial charge < -0.3 is 84.2 Å². The van der Waals surface area contributed by atoms with Crippen molar-refractivity contribution >= 4 is 5.97 Å². The number of aliphatic hydroxyl groups excluding tert-OH is 10. The van der Waals surface area contributed by atoms with Crippen molar-refractivity contribution in [2.45, 2.75) is 149 Å². The van der Waals surface area contributed by atoms with Crippen LogP contribution in [0.15, 0.2) is 0 Å². The van der Waals surface area contributed by atoms with E-state index in [1.807, 2.05) is 0 Å². The van der Waals surface area contributed by atoms with Crippen LogP contribution in [0, 0.1) is 11.8 Å². The Hall–Kier alpha value is -1.17. The molecule has 18 nitrogen and oxygen atoms in total. The highest BCUT2D eigenvalue weighted by atomic mass is 16.7. The number of esters is 1. The van der Waals surface area contributed by atoms with Gasteiger partial charge in [-0.2, -0.15) is 0 Å². The molecule has 0 aromatic heterocycles. The molecule has 10 N–H and O–H groups in total. The van der Waals surface area contributed by atoms with Gasteiger partial charge in [-0.1, -0.05) is 0 Å². The lowest BCUT2D eigenvalue weighted by atomic mass is 9.72. The standard InChI is InChI=1S/C30H50O18/c1-10(32)43-9-20-23(37)25(39)27(41)29(48-20)45-16-6-12(33)5-15-13(16)7-18(46-30-26(40)24(38)22(36)19(8-31)47-30)28(44-15)11-3-14(34)21(35)17(4-11)42-2/h11-31,33-41H,3-9H2,1-2H3/t11?,12?,13?,14?,15?,16?,17?,18?,19-,20-,21?,22-,23-,24+,25+,26-,27-,28?,29-,30-/m1/s1. The summed E-state index contributed by atoms with van der Waals surface area (Å²) in [5, 5.41) is 105. The average molecular weight is 699 g/mol. The first-order chi connectivity index (χ1) is 22.7. The normalized spacial score (nSPS) is 51.6. The van der Waals surface area contributed by atoms with Crippen molar-refractivity contribution in [1.82, 2.24) is 0 Å². The fourth-order valence-electron chi connectivity index (χ4n) is 7.70. The Bertz CT molecular complexity index is 1050. The monoisotopic (exact) mass is 698 g/mol. The average Bonchev–Trinajstić information content (AvgIpc) is 3.05. The molecule has 5 fully saturated rings. The van der Waals surface area contributed by atoms with Gasteiger partial charge in [-0.15, -0.1) is 0 Å². The van der Waals surface area contributed by atoms with Crippen molar-refractivity contribution in [2.24, 2.45) is 11.8 Å². The summed E-state index contributed by atoms with van der Waals surface area (Å²) in [4.78, 5) is 11.4. The van der Waals surface area contributed by atoms with Crippen molar-refractivity contribution in [3.8, 4) is 0 Å². The molecule has 20 atom stereocenters. The number of ether oxygens (including phenoxy) is 7. The van der Waals surface area contributed by atoms with Crippen LogP contribution in [0.5, 0.6) is 0 Å². The summed E-state index contributed by atoms with van der Waals surface area (Å²) in [7, 11) is 1.40. The van der Waals surface area contributed by atoms with E-state index in [1.165, 1.54) is 7.11 Å². The molecule has 5 rings (SSSR count). The molecule has 48 heavy (non-hydrogen) atoms. The topological polar surface area (TPSA) is 284 Å². The fourth-order valence-corrected chi connectivity index (χ4v) is 7.70. The summed E-state index contributed by atoms with van der Waals surface area (Å²) in [5.74, 6) is -1.69. The third-order valence-electron chi connectivity index (χ3n) is 10.4. The molecule has 2 aliphatic carbocycles. The van der Waals surface area contributed by atoms with E-state index < -0.39 is 141 Å². The minimum atomic E-state index is -1.72. The van der Waals surface area contributed by atoms with E-state index in [9.17, 15) is 55.9 Å². The second-order valence-electron chi connectivity index (χ2n) is 13.6. The van der Waals surface area contributed by atoms with Crippen LogP contribution >= 0.6 is 0 Å². The highest BCUT2D eigenvalue weighted by molar-refractivity contribution is 5.65. The number of methoxy groups -OCH3 is 1. The number of rotatable bonds is 9. The summed E-state index contributed by atoms with van der Waals surface area (Å²) in [6, 6.07) is 0. The van der Waals surface area contributed by atoms with Gasteiger partial charge in [0, 0.05) is 26.4 Å². The highest BCUT2D eigenvalue weighted by Crippen LogP contribution is 2.45.